The van der Waals surface area contributed by atoms with Crippen molar-refractivity contribution in [3.8, 4) is 33.4 Å². The van der Waals surface area contributed by atoms with Crippen molar-refractivity contribution in [3.63, 3.8) is 0 Å². The van der Waals surface area contributed by atoms with Crippen molar-refractivity contribution >= 4 is 54.3 Å². The highest BCUT2D eigenvalue weighted by Crippen LogP contribution is 2.49. The maximum atomic E-state index is 9.07. The van der Waals surface area contributed by atoms with Gasteiger partial charge in [-0.05, 0) is 78.3 Å². The number of hydrogen-bond donors (Lipinski definition) is 0. The number of benzene rings is 8. The zero-order valence-electron chi connectivity index (χ0n) is 28.0. The molecule has 1 nitrogen and oxygen atoms in total. The fourth-order valence-corrected chi connectivity index (χ4v) is 6.69. The Balaban J connectivity index is 1.47. The Kier molecular flexibility index (Phi) is 4.27. The van der Waals surface area contributed by atoms with Crippen LogP contribution in [0.2, 0.25) is 0 Å². The standard InChI is InChI=1S/C42H26O/c1-2-13-28(14-3-1)40-37(25-24-36-31-16-10-11-21-38(31)43-42(36)40)41-34-19-8-6-17-32(34)39(33-18-7-9-20-35(33)41)30-23-22-27-12-4-5-15-29(27)26-30/h1-26H/i1D,2D,3D,13D,14D. The van der Waals surface area contributed by atoms with Gasteiger partial charge in [-0.1, -0.05) is 139 Å². The predicted octanol–water partition coefficient (Wildman–Crippen LogP) is 12.0. The van der Waals surface area contributed by atoms with E-state index in [2.05, 4.69) is 60.7 Å². The van der Waals surface area contributed by atoms with E-state index >= 15 is 0 Å². The van der Waals surface area contributed by atoms with Crippen molar-refractivity contribution in [3.05, 3.63) is 158 Å². The van der Waals surface area contributed by atoms with Crippen LogP contribution in [0.4, 0.5) is 0 Å². The molecule has 1 heterocycles. The highest BCUT2D eigenvalue weighted by molar-refractivity contribution is 6.24. The van der Waals surface area contributed by atoms with E-state index in [1.807, 2.05) is 66.7 Å². The van der Waals surface area contributed by atoms with Crippen LogP contribution >= 0.6 is 0 Å². The van der Waals surface area contributed by atoms with E-state index in [0.29, 0.717) is 16.7 Å². The molecule has 0 spiro atoms. The predicted molar refractivity (Wildman–Crippen MR) is 183 cm³/mol. The summed E-state index contributed by atoms with van der Waals surface area (Å²) in [6, 6.07) is 41.6. The van der Waals surface area contributed by atoms with E-state index in [9.17, 15) is 0 Å². The number of para-hydroxylation sites is 1. The topological polar surface area (TPSA) is 13.1 Å². The van der Waals surface area contributed by atoms with Crippen LogP contribution in [0, 0.1) is 0 Å². The van der Waals surface area contributed by atoms with Gasteiger partial charge in [0.1, 0.15) is 11.2 Å². The molecule has 0 bridgehead atoms. The van der Waals surface area contributed by atoms with E-state index in [4.69, 9.17) is 11.3 Å². The molecule has 43 heavy (non-hydrogen) atoms. The van der Waals surface area contributed by atoms with Crippen LogP contribution in [0.3, 0.4) is 0 Å². The van der Waals surface area contributed by atoms with Gasteiger partial charge in [-0.25, -0.2) is 0 Å². The normalized spacial score (nSPS) is 13.3. The molecule has 0 aliphatic carbocycles. The molecular weight excluding hydrogens is 520 g/mol. The van der Waals surface area contributed by atoms with Gasteiger partial charge in [0.2, 0.25) is 0 Å². The monoisotopic (exact) mass is 551 g/mol. The van der Waals surface area contributed by atoms with Crippen LogP contribution in [0.5, 0.6) is 0 Å². The molecule has 200 valence electrons. The summed E-state index contributed by atoms with van der Waals surface area (Å²) in [5.41, 5.74) is 5.61. The van der Waals surface area contributed by atoms with E-state index in [-0.39, 0.29) is 29.7 Å². The van der Waals surface area contributed by atoms with Crippen molar-refractivity contribution in [1.29, 1.82) is 0 Å². The number of rotatable bonds is 3. The Morgan fingerprint density at radius 2 is 1.02 bits per heavy atom. The number of furan rings is 1. The maximum absolute atomic E-state index is 9.07. The first-order chi connectivity index (χ1) is 23.4. The second-order valence-electron chi connectivity index (χ2n) is 10.9. The Hall–Kier alpha value is -5.66. The Bertz CT molecular complexity index is 2710. The van der Waals surface area contributed by atoms with Crippen LogP contribution in [-0.2, 0) is 0 Å². The second kappa shape index (κ2) is 9.44. The Morgan fingerprint density at radius 3 is 1.74 bits per heavy atom. The minimum absolute atomic E-state index is 0.118. The summed E-state index contributed by atoms with van der Waals surface area (Å²) in [6.07, 6.45) is 0. The highest BCUT2D eigenvalue weighted by atomic mass is 16.3. The van der Waals surface area contributed by atoms with Crippen molar-refractivity contribution in [1.82, 2.24) is 0 Å². The zero-order chi connectivity index (χ0) is 32.7. The Morgan fingerprint density at radius 1 is 0.419 bits per heavy atom. The molecule has 9 rings (SSSR count). The first kappa shape index (κ1) is 19.5. The van der Waals surface area contributed by atoms with Gasteiger partial charge in [0.05, 0.1) is 6.85 Å². The summed E-state index contributed by atoms with van der Waals surface area (Å²) < 4.78 is 50.2. The van der Waals surface area contributed by atoms with E-state index in [0.717, 1.165) is 60.0 Å². The molecule has 0 saturated carbocycles. The molecule has 0 radical (unpaired) electrons. The molecule has 0 N–H and O–H groups in total. The van der Waals surface area contributed by atoms with Crippen LogP contribution in [-0.4, -0.2) is 0 Å². The van der Waals surface area contributed by atoms with Gasteiger partial charge >= 0.3 is 0 Å². The van der Waals surface area contributed by atoms with E-state index in [1.165, 1.54) is 5.39 Å². The maximum Gasteiger partial charge on any atom is 0.143 e. The molecule has 0 unspecified atom stereocenters. The van der Waals surface area contributed by atoms with Crippen molar-refractivity contribution in [2.24, 2.45) is 0 Å². The lowest BCUT2D eigenvalue weighted by Crippen LogP contribution is -1.93. The summed E-state index contributed by atoms with van der Waals surface area (Å²) in [6.45, 7) is 0. The minimum atomic E-state index is -0.428. The summed E-state index contributed by atoms with van der Waals surface area (Å²) in [7, 11) is 0. The van der Waals surface area contributed by atoms with Gasteiger partial charge in [0.25, 0.3) is 0 Å². The third-order valence-electron chi connectivity index (χ3n) is 8.54. The van der Waals surface area contributed by atoms with Crippen molar-refractivity contribution < 1.29 is 11.3 Å². The second-order valence-corrected chi connectivity index (χ2v) is 10.9. The lowest BCUT2D eigenvalue weighted by Gasteiger charge is -2.20. The van der Waals surface area contributed by atoms with Gasteiger partial charge in [0, 0.05) is 16.3 Å². The fourth-order valence-electron chi connectivity index (χ4n) is 6.69. The van der Waals surface area contributed by atoms with E-state index < -0.39 is 6.04 Å². The van der Waals surface area contributed by atoms with Crippen molar-refractivity contribution in [2.75, 3.05) is 0 Å². The first-order valence-corrected chi connectivity index (χ1v) is 14.4. The molecule has 0 aliphatic heterocycles. The molecule has 0 atom stereocenters. The molecule has 0 saturated heterocycles. The largest absolute Gasteiger partial charge is 0.455 e. The lowest BCUT2D eigenvalue weighted by molar-refractivity contribution is 0.670. The van der Waals surface area contributed by atoms with E-state index in [1.54, 1.807) is 0 Å². The van der Waals surface area contributed by atoms with Crippen LogP contribution in [0.1, 0.15) is 6.85 Å². The fraction of sp³-hybridized carbons (Fsp3) is 0. The summed E-state index contributed by atoms with van der Waals surface area (Å²) in [5.74, 6) is 0. The van der Waals surface area contributed by atoms with Crippen LogP contribution < -0.4 is 0 Å². The molecule has 8 aromatic carbocycles. The summed E-state index contributed by atoms with van der Waals surface area (Å²) in [5, 5.41) is 8.13. The SMILES string of the molecule is [2H]c1c([2H])c([2H])c(-c2c(-c3c4ccccc4c(-c4ccc5ccccc5c4)c4ccccc34)ccc3c2oc2ccccc23)c([2H])c1[2H]. The minimum Gasteiger partial charge on any atom is -0.455 e. The average molecular weight is 552 g/mol. The van der Waals surface area contributed by atoms with Gasteiger partial charge in [-0.3, -0.25) is 0 Å². The van der Waals surface area contributed by atoms with Crippen molar-refractivity contribution in [2.45, 2.75) is 0 Å². The Labute approximate surface area is 256 Å². The number of fused-ring (bicyclic) bond motifs is 6. The summed E-state index contributed by atoms with van der Waals surface area (Å²) in [4.78, 5) is 0. The van der Waals surface area contributed by atoms with Gasteiger partial charge < -0.3 is 4.42 Å². The van der Waals surface area contributed by atoms with Gasteiger partial charge in [0.15, 0.2) is 0 Å². The van der Waals surface area contributed by atoms with Crippen LogP contribution in [0.15, 0.2) is 162 Å². The lowest BCUT2D eigenvalue weighted by atomic mass is 9.83. The highest BCUT2D eigenvalue weighted by Gasteiger charge is 2.22. The molecule has 0 aliphatic rings. The molecule has 1 heteroatoms. The quantitative estimate of drug-likeness (QED) is 0.199. The zero-order valence-corrected chi connectivity index (χ0v) is 23.0. The van der Waals surface area contributed by atoms with Crippen LogP contribution in [0.25, 0.3) is 87.6 Å². The summed E-state index contributed by atoms with van der Waals surface area (Å²) >= 11 is 0. The first-order valence-electron chi connectivity index (χ1n) is 16.9. The van der Waals surface area contributed by atoms with Gasteiger partial charge in [-0.15, -0.1) is 0 Å². The third kappa shape index (κ3) is 3.65. The average Bonchev–Trinajstić information content (AvgIpc) is 3.51. The smallest absolute Gasteiger partial charge is 0.143 e. The molecule has 0 amide bonds. The van der Waals surface area contributed by atoms with Gasteiger partial charge in [-0.2, -0.15) is 0 Å². The molecule has 1 aromatic heterocycles. The number of hydrogen-bond acceptors (Lipinski definition) is 1. The third-order valence-corrected chi connectivity index (χ3v) is 8.54. The molecular formula is C42H26O. The molecule has 9 aromatic rings. The molecule has 0 fully saturated rings.